The highest BCUT2D eigenvalue weighted by molar-refractivity contribution is 6.08. The van der Waals surface area contributed by atoms with Gasteiger partial charge in [-0.15, -0.1) is 0 Å². The van der Waals surface area contributed by atoms with Crippen molar-refractivity contribution < 1.29 is 90.9 Å². The maximum absolute atomic E-state index is 14.0. The van der Waals surface area contributed by atoms with E-state index in [1.807, 2.05) is 104 Å². The molecule has 6 aromatic carbocycles. The van der Waals surface area contributed by atoms with Gasteiger partial charge < -0.3 is 104 Å². The van der Waals surface area contributed by atoms with Gasteiger partial charge in [-0.25, -0.2) is 48.7 Å². The predicted octanol–water partition coefficient (Wildman–Crippen LogP) is 15.5. The van der Waals surface area contributed by atoms with Crippen LogP contribution in [0.4, 0.5) is 24.0 Å². The first-order chi connectivity index (χ1) is 63.0. The Balaban J connectivity index is 0.000000189. The second-order valence-electron chi connectivity index (χ2n) is 37.4. The van der Waals surface area contributed by atoms with Gasteiger partial charge >= 0.3 is 36.4 Å². The molecule has 10 aromatic rings. The lowest BCUT2D eigenvalue weighted by Crippen LogP contribution is -2.52. The van der Waals surface area contributed by atoms with E-state index in [4.69, 9.17) is 62.9 Å². The van der Waals surface area contributed by atoms with Crippen LogP contribution < -0.4 is 30.7 Å². The number of ether oxygens (including phenoxy) is 9. The maximum atomic E-state index is 14.0. The lowest BCUT2D eigenvalue weighted by Gasteiger charge is -2.32. The highest BCUT2D eigenvalue weighted by atomic mass is 16.6. The van der Waals surface area contributed by atoms with Gasteiger partial charge in [-0.2, -0.15) is 0 Å². The van der Waals surface area contributed by atoms with Crippen molar-refractivity contribution in [2.45, 2.75) is 208 Å². The average molecular weight is 1820 g/mol. The van der Waals surface area contributed by atoms with E-state index in [2.05, 4.69) is 119 Å². The number of nitrogens with zero attached hydrogens (tertiary/aromatic N) is 8. The Morgan fingerprint density at radius 2 is 0.848 bits per heavy atom. The Labute approximate surface area is 765 Å². The summed E-state index contributed by atoms with van der Waals surface area (Å²) in [6.07, 6.45) is 5.15. The number of imidazole rings is 4. The molecule has 704 valence electrons. The molecule has 16 rings (SSSR count). The number of aromatic nitrogens is 8. The van der Waals surface area contributed by atoms with E-state index in [0.717, 1.165) is 155 Å². The van der Waals surface area contributed by atoms with Crippen molar-refractivity contribution in [3.63, 3.8) is 0 Å². The monoisotopic (exact) mass is 1810 g/mol. The molecule has 0 bridgehead atoms. The van der Waals surface area contributed by atoms with Crippen molar-refractivity contribution in [2.75, 3.05) is 69.0 Å². The van der Waals surface area contributed by atoms with Crippen LogP contribution in [0.1, 0.15) is 187 Å². The van der Waals surface area contributed by atoms with E-state index in [-0.39, 0.29) is 95.6 Å². The number of carboxylic acid groups (broad SMARTS) is 1. The summed E-state index contributed by atoms with van der Waals surface area (Å²) >= 11 is 0. The smallest absolute Gasteiger partial charge is 0.410 e. The topological polar surface area (TPSA) is 433 Å². The molecule has 0 saturated carbocycles. The van der Waals surface area contributed by atoms with Crippen LogP contribution in [0.15, 0.2) is 97.3 Å². The number of methoxy groups -OCH3 is 6. The van der Waals surface area contributed by atoms with Crippen LogP contribution >= 0.6 is 0 Å². The Morgan fingerprint density at radius 3 is 1.23 bits per heavy atom. The van der Waals surface area contributed by atoms with Gasteiger partial charge in [-0.1, -0.05) is 91.8 Å². The highest BCUT2D eigenvalue weighted by Gasteiger charge is 2.47. The molecule has 6 aliphatic rings. The van der Waals surface area contributed by atoms with Crippen LogP contribution in [-0.2, 0) is 65.5 Å². The molecular formula is C97H122N16O19. The lowest BCUT2D eigenvalue weighted by molar-refractivity contribution is -0.140. The first kappa shape index (κ1) is 95.0. The van der Waals surface area contributed by atoms with Crippen molar-refractivity contribution in [3.8, 4) is 56.3 Å². The third-order valence-corrected chi connectivity index (χ3v) is 25.7. The number of carboxylic acids is 1. The third-order valence-electron chi connectivity index (χ3n) is 25.7. The summed E-state index contributed by atoms with van der Waals surface area (Å²) in [4.78, 5) is 154. The van der Waals surface area contributed by atoms with Gasteiger partial charge in [0.1, 0.15) is 77.8 Å². The largest absolute Gasteiger partial charge is 0.488 e. The van der Waals surface area contributed by atoms with Crippen molar-refractivity contribution >= 4 is 97.8 Å². The number of carbonyl (C=O) groups is 9. The van der Waals surface area contributed by atoms with Crippen molar-refractivity contribution in [1.29, 1.82) is 0 Å². The summed E-state index contributed by atoms with van der Waals surface area (Å²) in [5, 5.41) is 23.0. The van der Waals surface area contributed by atoms with E-state index < -0.39 is 60.1 Å². The molecular weight excluding hydrogens is 1690 g/mol. The number of alkyl carbamates (subject to hydrolysis) is 4. The maximum Gasteiger partial charge on any atom is 0.410 e. The van der Waals surface area contributed by atoms with Gasteiger partial charge in [0, 0.05) is 73.1 Å². The van der Waals surface area contributed by atoms with Crippen LogP contribution in [0.25, 0.3) is 88.4 Å². The molecule has 10 heterocycles. The molecule has 0 radical (unpaired) electrons. The second kappa shape index (κ2) is 40.0. The summed E-state index contributed by atoms with van der Waals surface area (Å²) in [7, 11) is 8.40. The molecule has 0 spiro atoms. The number of fused-ring (bicyclic) bond motifs is 12. The number of amides is 8. The Hall–Kier alpha value is -13.1. The number of hydrogen-bond donors (Lipinski definition) is 9. The molecule has 4 saturated heterocycles. The first-order valence-corrected chi connectivity index (χ1v) is 45.1. The van der Waals surface area contributed by atoms with Crippen LogP contribution in [0.2, 0.25) is 0 Å². The molecule has 4 aromatic heterocycles. The molecule has 4 fully saturated rings. The number of hydrogen-bond acceptors (Lipinski definition) is 22. The molecule has 0 aliphatic carbocycles. The molecule has 132 heavy (non-hydrogen) atoms. The quantitative estimate of drug-likeness (QED) is 0.0285. The first-order valence-electron chi connectivity index (χ1n) is 45.1. The molecule has 12 atom stereocenters. The number of H-pyrrole nitrogens is 4. The zero-order valence-corrected chi connectivity index (χ0v) is 78.3. The molecule has 8 amide bonds. The molecule has 35 nitrogen and oxygen atoms in total. The summed E-state index contributed by atoms with van der Waals surface area (Å²) in [6.45, 7) is 27.3. The summed E-state index contributed by atoms with van der Waals surface area (Å²) in [5.74, 6) is 2.50. The lowest BCUT2D eigenvalue weighted by atomic mass is 9.92. The second-order valence-corrected chi connectivity index (χ2v) is 37.4. The fourth-order valence-electron chi connectivity index (χ4n) is 19.0. The predicted molar refractivity (Wildman–Crippen MR) is 493 cm³/mol. The number of aromatic amines is 4. The standard InChI is InChI=1S/C46H56N8O8.C44H53N7O7.C7H13NO4/c1-23(2)38(51-45(57)60-7)43(55)53-20-26(21-59-6)15-36(53)41-47-19-34(49-41)28-10-12-30-29(16-28)22-62-37-18-31-27(17-32(30)37)11-13-33-40(31)50-42(48-33)35-14-9-25(5)54(35)44(56)39(24(3)4)52-46(58)61-8;1-23(2)37(49-42(53)56-8)41(52)51-24(3)9-14-34(51)40-46-32-13-11-26-17-31-29-12-10-27(16-28(29)22-57-36(31)18-30(26)38(32)48-40)33-19-45-39(47-33)35-15-25(21-55-7)20-50(35)43(54)58-44(4,5)6;1-4(2)5(6(9)10)8-7(11)12-3/h10-13,16-19,23-26,35-36,38-39H,9,14-15,20-22H2,1-8H3,(H,47,49)(H,48,50)(H,51,57)(H,52,58);10-13,16-19,23-25,34-35,37H,9,14-15,20-22H2,1-8H3,(H,45,47)(H,46,48)(H,49,53);4-5H,1-3H3,(H,8,11)(H,9,10)/t25-,26-,35-,36?,38-,39-;24-,25-,34-,35?,37-;5-/m000/s1. The minimum atomic E-state index is -1.06. The summed E-state index contributed by atoms with van der Waals surface area (Å²) < 4.78 is 48.3. The van der Waals surface area contributed by atoms with Crippen molar-refractivity contribution in [1.82, 2.24) is 80.7 Å². The highest BCUT2D eigenvalue weighted by Crippen LogP contribution is 2.48. The zero-order chi connectivity index (χ0) is 94.7. The minimum Gasteiger partial charge on any atom is -0.488 e. The fraction of sp³-hybridized carbons (Fsp3) is 0.495. The molecule has 35 heteroatoms. The number of likely N-dealkylation sites (tertiary alicyclic amines) is 4. The summed E-state index contributed by atoms with van der Waals surface area (Å²) in [6, 6.07) is 25.0. The number of rotatable bonds is 22. The Kier molecular flexibility index (Phi) is 28.8. The van der Waals surface area contributed by atoms with Crippen LogP contribution in [0, 0.1) is 35.5 Å². The van der Waals surface area contributed by atoms with Gasteiger partial charge in [-0.3, -0.25) is 19.3 Å². The van der Waals surface area contributed by atoms with Gasteiger partial charge in [0.05, 0.1) is 112 Å². The van der Waals surface area contributed by atoms with E-state index in [9.17, 15) is 43.2 Å². The normalized spacial score (nSPS) is 20.0. The van der Waals surface area contributed by atoms with Crippen molar-refractivity contribution in [2.24, 2.45) is 35.5 Å². The molecule has 2 unspecified atom stereocenters. The molecule has 6 aliphatic heterocycles. The summed E-state index contributed by atoms with van der Waals surface area (Å²) in [5.41, 5.74) is 12.6. The van der Waals surface area contributed by atoms with Gasteiger partial charge in [0.15, 0.2) is 0 Å². The minimum absolute atomic E-state index is 0.0184. The van der Waals surface area contributed by atoms with Crippen LogP contribution in [0.5, 0.6) is 11.5 Å². The van der Waals surface area contributed by atoms with E-state index in [0.29, 0.717) is 57.6 Å². The Morgan fingerprint density at radius 1 is 0.462 bits per heavy atom. The van der Waals surface area contributed by atoms with E-state index in [1.165, 1.54) is 28.4 Å². The van der Waals surface area contributed by atoms with E-state index >= 15 is 0 Å². The fourth-order valence-corrected chi connectivity index (χ4v) is 19.0. The molecule has 9 N–H and O–H groups in total. The van der Waals surface area contributed by atoms with Crippen molar-refractivity contribution in [3.05, 3.63) is 132 Å². The van der Waals surface area contributed by atoms with Gasteiger partial charge in [0.25, 0.3) is 0 Å². The third kappa shape index (κ3) is 20.1. The SMILES string of the molecule is COC(=O)N[C@H](C(=O)O)C(C)C.COC[C@H]1CC(c2ncc(-c3ccc4c(c3)COc3cc5c(ccc6[nH]c([C@@H]7CC[C@H](C)N7C(=O)[C@@H](NC(=O)OC)C(C)C)nc65)cc3-4)[nH]2)N(C(=O)OC(C)(C)C)C1.COC[C@H]1CC(c2ncc(-c3ccc4c(c3)COc3cc5c(ccc6[nH]c([C@@H]7CC[C@H](C)N7C(=O)[C@@H](NC(=O)OC)C(C)C)nc65)cc3-4)[nH]2)N(C(=O)[C@@H](NC(=O)OC)C(C)C)C1. The van der Waals surface area contributed by atoms with Gasteiger partial charge in [0.2, 0.25) is 17.7 Å². The number of aliphatic carboxylic acids is 1. The van der Waals surface area contributed by atoms with E-state index in [1.54, 1.807) is 44.1 Å². The number of nitrogens with one attached hydrogen (secondary N) is 8. The van der Waals surface area contributed by atoms with Crippen LogP contribution in [-0.4, -0.2) is 230 Å². The number of carbonyl (C=O) groups excluding carboxylic acids is 8. The number of benzene rings is 6. The Bertz CT molecular complexity index is 5970. The van der Waals surface area contributed by atoms with Gasteiger partial charge in [-0.05, 0) is 189 Å². The average Bonchev–Trinajstić information content (AvgIpc) is 1.45. The van der Waals surface area contributed by atoms with Crippen LogP contribution in [0.3, 0.4) is 0 Å². The zero-order valence-electron chi connectivity index (χ0n) is 78.3.